The molecule has 7 heteroatoms. The predicted molar refractivity (Wildman–Crippen MR) is 111 cm³/mol. The van der Waals surface area contributed by atoms with Gasteiger partial charge in [0.05, 0.1) is 22.6 Å². The van der Waals surface area contributed by atoms with Gasteiger partial charge in [-0.3, -0.25) is 0 Å². The maximum atomic E-state index is 13.4. The molecule has 0 fully saturated rings. The van der Waals surface area contributed by atoms with Crippen LogP contribution in [0.4, 0.5) is 5.69 Å². The van der Waals surface area contributed by atoms with Crippen LogP contribution in [0.1, 0.15) is 16.7 Å². The summed E-state index contributed by atoms with van der Waals surface area (Å²) >= 11 is 1.24. The zero-order valence-electron chi connectivity index (χ0n) is 15.0. The van der Waals surface area contributed by atoms with Crippen LogP contribution in [0.2, 0.25) is 0 Å². The second-order valence-electron chi connectivity index (χ2n) is 6.77. The van der Waals surface area contributed by atoms with Crippen molar-refractivity contribution >= 4 is 26.9 Å². The Morgan fingerprint density at radius 2 is 1.93 bits per heavy atom. The van der Waals surface area contributed by atoms with Gasteiger partial charge in [0.2, 0.25) is 0 Å². The van der Waals surface area contributed by atoms with Crippen LogP contribution in [0.15, 0.2) is 70.3 Å². The van der Waals surface area contributed by atoms with Crippen molar-refractivity contribution in [3.05, 3.63) is 82.7 Å². The van der Waals surface area contributed by atoms with E-state index in [2.05, 4.69) is 16.9 Å². The fourth-order valence-corrected chi connectivity index (χ4v) is 6.61. The minimum atomic E-state index is -3.54. The summed E-state index contributed by atoms with van der Waals surface area (Å²) in [5.74, 6) is 0. The third-order valence-electron chi connectivity index (χ3n) is 4.97. The number of nitrogens with one attached hydrogen (secondary N) is 2. The molecule has 28 heavy (non-hydrogen) atoms. The van der Waals surface area contributed by atoms with E-state index in [4.69, 9.17) is 0 Å². The van der Waals surface area contributed by atoms with Crippen molar-refractivity contribution in [3.63, 3.8) is 0 Å². The first-order valence-electron chi connectivity index (χ1n) is 8.94. The highest BCUT2D eigenvalue weighted by atomic mass is 32.2. The number of sulfone groups is 1. The Morgan fingerprint density at radius 1 is 1.11 bits per heavy atom. The van der Waals surface area contributed by atoms with E-state index in [1.165, 1.54) is 11.3 Å². The molecule has 0 amide bonds. The molecule has 1 aromatic heterocycles. The number of hydrogen-bond donors (Lipinski definition) is 2. The van der Waals surface area contributed by atoms with Crippen LogP contribution < -0.4 is 10.9 Å². The molecule has 0 aliphatic carbocycles. The van der Waals surface area contributed by atoms with Crippen LogP contribution in [0.5, 0.6) is 0 Å². The van der Waals surface area contributed by atoms with Gasteiger partial charge in [-0.1, -0.05) is 36.4 Å². The van der Waals surface area contributed by atoms with Gasteiger partial charge in [0.1, 0.15) is 4.21 Å². The molecule has 142 valence electrons. The maximum Gasteiger partial charge on any atom is 0.192 e. The van der Waals surface area contributed by atoms with Crippen molar-refractivity contribution in [2.24, 2.45) is 0 Å². The molecule has 2 atom stereocenters. The van der Waals surface area contributed by atoms with E-state index in [-0.39, 0.29) is 6.04 Å². The molecule has 0 spiro atoms. The molecular formula is C21H19N3O2S2. The van der Waals surface area contributed by atoms with E-state index in [0.717, 1.165) is 16.8 Å². The van der Waals surface area contributed by atoms with Crippen LogP contribution in [0, 0.1) is 11.3 Å². The van der Waals surface area contributed by atoms with Crippen molar-refractivity contribution < 1.29 is 8.42 Å². The predicted octanol–water partition coefficient (Wildman–Crippen LogP) is 3.55. The zero-order valence-corrected chi connectivity index (χ0v) is 16.6. The Balaban J connectivity index is 1.76. The normalized spacial score (nSPS) is 19.1. The minimum absolute atomic E-state index is 0.326. The Labute approximate surface area is 168 Å². The van der Waals surface area contributed by atoms with E-state index in [1.807, 2.05) is 36.4 Å². The molecule has 1 aliphatic heterocycles. The molecule has 2 heterocycles. The van der Waals surface area contributed by atoms with Crippen molar-refractivity contribution in [1.29, 1.82) is 5.26 Å². The lowest BCUT2D eigenvalue weighted by Crippen LogP contribution is -2.47. The van der Waals surface area contributed by atoms with Crippen LogP contribution in [-0.4, -0.2) is 19.7 Å². The Kier molecular flexibility index (Phi) is 5.18. The monoisotopic (exact) mass is 409 g/mol. The highest BCUT2D eigenvalue weighted by Crippen LogP contribution is 2.31. The number of anilines is 1. The van der Waals surface area contributed by atoms with Crippen molar-refractivity contribution in [1.82, 2.24) is 5.43 Å². The van der Waals surface area contributed by atoms with Gasteiger partial charge in [0.15, 0.2) is 9.84 Å². The number of hydrazine groups is 1. The number of benzene rings is 2. The molecule has 2 aromatic carbocycles. The van der Waals surface area contributed by atoms with E-state index in [9.17, 15) is 13.7 Å². The summed E-state index contributed by atoms with van der Waals surface area (Å²) in [4.78, 5) is 0. The standard InChI is InChI=1S/C21H19N3O2S2/c22-14-16-8-9-18-17(11-16)13-20(28(25,26)21-7-4-10-27-21)19(24-23-18)12-15-5-2-1-3-6-15/h1-11,19-20,23-24H,12-13H2/t19?,20-/m1/s1. The number of thiophene rings is 1. The summed E-state index contributed by atoms with van der Waals surface area (Å²) in [6, 6.07) is 20.4. The minimum Gasteiger partial charge on any atom is -0.321 e. The van der Waals surface area contributed by atoms with E-state index >= 15 is 0 Å². The van der Waals surface area contributed by atoms with Gasteiger partial charge in [-0.15, -0.1) is 11.3 Å². The fourth-order valence-electron chi connectivity index (χ4n) is 3.53. The molecule has 1 unspecified atom stereocenters. The second kappa shape index (κ2) is 7.76. The lowest BCUT2D eigenvalue weighted by atomic mass is 9.98. The Hall–Kier alpha value is -2.66. The third kappa shape index (κ3) is 3.67. The first-order valence-corrected chi connectivity index (χ1v) is 11.4. The van der Waals surface area contributed by atoms with E-state index in [1.54, 1.807) is 29.6 Å². The maximum absolute atomic E-state index is 13.4. The van der Waals surface area contributed by atoms with Crippen molar-refractivity contribution in [3.8, 4) is 6.07 Å². The largest absolute Gasteiger partial charge is 0.321 e. The van der Waals surface area contributed by atoms with Gasteiger partial charge in [-0.2, -0.15) is 5.26 Å². The molecule has 5 nitrogen and oxygen atoms in total. The second-order valence-corrected chi connectivity index (χ2v) is 10.1. The average molecular weight is 410 g/mol. The molecule has 0 bridgehead atoms. The van der Waals surface area contributed by atoms with Crippen LogP contribution in [0.3, 0.4) is 0 Å². The molecule has 4 rings (SSSR count). The molecule has 3 aromatic rings. The smallest absolute Gasteiger partial charge is 0.192 e. The SMILES string of the molecule is N#Cc1ccc2c(c1)C[C@@H](S(=O)(=O)c1cccs1)C(Cc1ccccc1)NN2. The summed E-state index contributed by atoms with van der Waals surface area (Å²) < 4.78 is 27.3. The fraction of sp³-hybridized carbons (Fsp3) is 0.190. The summed E-state index contributed by atoms with van der Waals surface area (Å²) in [5.41, 5.74) is 9.63. The van der Waals surface area contributed by atoms with Gasteiger partial charge < -0.3 is 5.43 Å². The van der Waals surface area contributed by atoms with E-state index < -0.39 is 15.1 Å². The quantitative estimate of drug-likeness (QED) is 0.689. The zero-order chi connectivity index (χ0) is 19.6. The average Bonchev–Trinajstić information content (AvgIpc) is 3.20. The van der Waals surface area contributed by atoms with Gasteiger partial charge in [-0.25, -0.2) is 13.8 Å². The van der Waals surface area contributed by atoms with Gasteiger partial charge in [-0.05, 0) is 53.6 Å². The first kappa shape index (κ1) is 18.7. The molecule has 1 aliphatic rings. The number of fused-ring (bicyclic) bond motifs is 1. The topological polar surface area (TPSA) is 82.0 Å². The summed E-state index contributed by atoms with van der Waals surface area (Å²) in [6.07, 6.45) is 0.908. The molecule has 0 saturated heterocycles. The Bertz CT molecular complexity index is 1100. The third-order valence-corrected chi connectivity index (χ3v) is 8.61. The Morgan fingerprint density at radius 3 is 2.64 bits per heavy atom. The van der Waals surface area contributed by atoms with Crippen molar-refractivity contribution in [2.75, 3.05) is 5.43 Å². The number of rotatable bonds is 4. The summed E-state index contributed by atoms with van der Waals surface area (Å²) in [5, 5.41) is 10.4. The van der Waals surface area contributed by atoms with Gasteiger partial charge in [0.25, 0.3) is 0 Å². The number of hydrogen-bond acceptors (Lipinski definition) is 6. The van der Waals surface area contributed by atoms with E-state index in [0.29, 0.717) is 22.6 Å². The first-order chi connectivity index (χ1) is 13.6. The number of nitriles is 1. The molecule has 0 saturated carbocycles. The van der Waals surface area contributed by atoms with Crippen molar-refractivity contribution in [2.45, 2.75) is 28.3 Å². The lowest BCUT2D eigenvalue weighted by molar-refractivity contribution is 0.502. The molecular weight excluding hydrogens is 390 g/mol. The molecule has 0 radical (unpaired) electrons. The van der Waals surface area contributed by atoms with Gasteiger partial charge in [0, 0.05) is 6.04 Å². The van der Waals surface area contributed by atoms with Crippen LogP contribution in [0.25, 0.3) is 0 Å². The lowest BCUT2D eigenvalue weighted by Gasteiger charge is -2.25. The van der Waals surface area contributed by atoms with Crippen LogP contribution in [-0.2, 0) is 22.7 Å². The van der Waals surface area contributed by atoms with Gasteiger partial charge >= 0.3 is 0 Å². The highest BCUT2D eigenvalue weighted by molar-refractivity contribution is 7.94. The summed E-state index contributed by atoms with van der Waals surface area (Å²) in [6.45, 7) is 0. The van der Waals surface area contributed by atoms with Crippen LogP contribution >= 0.6 is 11.3 Å². The molecule has 2 N–H and O–H groups in total. The summed E-state index contributed by atoms with van der Waals surface area (Å²) in [7, 11) is -3.54. The number of nitrogens with zero attached hydrogens (tertiary/aromatic N) is 1. The highest BCUT2D eigenvalue weighted by Gasteiger charge is 2.37.